The minimum absolute atomic E-state index is 0.0622. The molecule has 0 aliphatic rings. The summed E-state index contributed by atoms with van der Waals surface area (Å²) in [5.41, 5.74) is 7.00. The number of rotatable bonds is 3. The fourth-order valence-electron chi connectivity index (χ4n) is 1.55. The Morgan fingerprint density at radius 2 is 1.89 bits per heavy atom. The number of nitrogen functional groups attached to an aromatic ring is 1. The van der Waals surface area contributed by atoms with Crippen LogP contribution in [0.25, 0.3) is 0 Å². The third-order valence-electron chi connectivity index (χ3n) is 2.51. The zero-order chi connectivity index (χ0) is 14.0. The number of nitrogens with zero attached hydrogens (tertiary/aromatic N) is 1. The first-order valence-corrected chi connectivity index (χ1v) is 6.24. The number of anilines is 1. The summed E-state index contributed by atoms with van der Waals surface area (Å²) in [5, 5.41) is 10.6. The lowest BCUT2D eigenvalue weighted by atomic mass is 10.2. The zero-order valence-electron chi connectivity index (χ0n) is 10.1. The number of aryl methyl sites for hydroxylation is 1. The van der Waals surface area contributed by atoms with E-state index >= 15 is 0 Å². The van der Waals surface area contributed by atoms with Crippen LogP contribution in [0.5, 0.6) is 11.5 Å². The SMILES string of the molecule is Cc1ccc(Oc2ccc([N+](=O)[O-])cc2N)c(Br)c1. The van der Waals surface area contributed by atoms with Gasteiger partial charge < -0.3 is 10.5 Å². The third kappa shape index (κ3) is 3.03. The summed E-state index contributed by atoms with van der Waals surface area (Å²) in [6.07, 6.45) is 0. The molecular weight excluding hydrogens is 312 g/mol. The minimum atomic E-state index is -0.498. The Bertz CT molecular complexity index is 644. The quantitative estimate of drug-likeness (QED) is 0.525. The van der Waals surface area contributed by atoms with E-state index in [-0.39, 0.29) is 11.4 Å². The van der Waals surface area contributed by atoms with Gasteiger partial charge in [-0.3, -0.25) is 10.1 Å². The number of benzene rings is 2. The van der Waals surface area contributed by atoms with E-state index in [9.17, 15) is 10.1 Å². The van der Waals surface area contributed by atoms with Crippen LogP contribution in [0.2, 0.25) is 0 Å². The summed E-state index contributed by atoms with van der Waals surface area (Å²) in [7, 11) is 0. The van der Waals surface area contributed by atoms with Gasteiger partial charge in [0.1, 0.15) is 5.75 Å². The normalized spacial score (nSPS) is 10.2. The molecule has 0 fully saturated rings. The molecule has 0 saturated heterocycles. The van der Waals surface area contributed by atoms with Crippen LogP contribution >= 0.6 is 15.9 Å². The third-order valence-corrected chi connectivity index (χ3v) is 3.13. The molecule has 0 heterocycles. The van der Waals surface area contributed by atoms with E-state index in [0.717, 1.165) is 10.0 Å². The maximum Gasteiger partial charge on any atom is 0.271 e. The Hall–Kier alpha value is -2.08. The number of nitrogens with two attached hydrogens (primary N) is 1. The van der Waals surface area contributed by atoms with E-state index < -0.39 is 4.92 Å². The molecule has 2 aromatic carbocycles. The Labute approximate surface area is 118 Å². The van der Waals surface area contributed by atoms with Gasteiger partial charge in [-0.15, -0.1) is 0 Å². The molecule has 0 spiro atoms. The van der Waals surface area contributed by atoms with Crippen molar-refractivity contribution in [1.82, 2.24) is 0 Å². The lowest BCUT2D eigenvalue weighted by molar-refractivity contribution is -0.384. The number of nitro groups is 1. The van der Waals surface area contributed by atoms with Crippen molar-refractivity contribution < 1.29 is 9.66 Å². The Morgan fingerprint density at radius 3 is 2.47 bits per heavy atom. The van der Waals surface area contributed by atoms with E-state index in [1.165, 1.54) is 18.2 Å². The lowest BCUT2D eigenvalue weighted by Gasteiger charge is -2.10. The average molecular weight is 323 g/mol. The van der Waals surface area contributed by atoms with Gasteiger partial charge in [0, 0.05) is 12.1 Å². The average Bonchev–Trinajstić information content (AvgIpc) is 2.34. The molecule has 2 N–H and O–H groups in total. The molecule has 98 valence electrons. The van der Waals surface area contributed by atoms with E-state index in [1.54, 1.807) is 6.07 Å². The highest BCUT2D eigenvalue weighted by Crippen LogP contribution is 2.34. The van der Waals surface area contributed by atoms with Crippen LogP contribution in [0.3, 0.4) is 0 Å². The summed E-state index contributed by atoms with van der Waals surface area (Å²) in [6.45, 7) is 1.97. The molecular formula is C13H11BrN2O3. The van der Waals surface area contributed by atoms with E-state index in [1.807, 2.05) is 19.1 Å². The summed E-state index contributed by atoms with van der Waals surface area (Å²) in [5.74, 6) is 0.987. The molecule has 0 radical (unpaired) electrons. The summed E-state index contributed by atoms with van der Waals surface area (Å²) >= 11 is 3.39. The van der Waals surface area contributed by atoms with Gasteiger partial charge in [0.05, 0.1) is 15.1 Å². The predicted octanol–water partition coefficient (Wildman–Crippen LogP) is 4.04. The van der Waals surface area contributed by atoms with Gasteiger partial charge in [0.2, 0.25) is 0 Å². The first-order chi connectivity index (χ1) is 8.97. The summed E-state index contributed by atoms with van der Waals surface area (Å²) in [4.78, 5) is 10.1. The van der Waals surface area contributed by atoms with Crippen LogP contribution in [0, 0.1) is 17.0 Å². The topological polar surface area (TPSA) is 78.4 Å². The summed E-state index contributed by atoms with van der Waals surface area (Å²) in [6, 6.07) is 9.74. The molecule has 0 aromatic heterocycles. The van der Waals surface area contributed by atoms with Gasteiger partial charge in [0.15, 0.2) is 5.75 Å². The first kappa shape index (κ1) is 13.4. The van der Waals surface area contributed by atoms with Gasteiger partial charge in [-0.05, 0) is 46.6 Å². The van der Waals surface area contributed by atoms with Crippen molar-refractivity contribution in [2.24, 2.45) is 0 Å². The van der Waals surface area contributed by atoms with Crippen LogP contribution in [0.1, 0.15) is 5.56 Å². The highest BCUT2D eigenvalue weighted by Gasteiger charge is 2.11. The van der Waals surface area contributed by atoms with Gasteiger partial charge in [-0.25, -0.2) is 0 Å². The number of hydrogen-bond acceptors (Lipinski definition) is 4. The minimum Gasteiger partial charge on any atom is -0.454 e. The Balaban J connectivity index is 2.31. The summed E-state index contributed by atoms with van der Waals surface area (Å²) < 4.78 is 6.43. The van der Waals surface area contributed by atoms with Crippen LogP contribution in [0.15, 0.2) is 40.9 Å². The van der Waals surface area contributed by atoms with E-state index in [0.29, 0.717) is 11.5 Å². The molecule has 0 aliphatic heterocycles. The second-order valence-electron chi connectivity index (χ2n) is 4.02. The molecule has 2 rings (SSSR count). The largest absolute Gasteiger partial charge is 0.454 e. The second kappa shape index (κ2) is 5.27. The van der Waals surface area contributed by atoms with Crippen molar-refractivity contribution in [2.75, 3.05) is 5.73 Å². The maximum atomic E-state index is 10.6. The monoisotopic (exact) mass is 322 g/mol. The molecule has 5 nitrogen and oxygen atoms in total. The highest BCUT2D eigenvalue weighted by molar-refractivity contribution is 9.10. The number of ether oxygens (including phenoxy) is 1. The maximum absolute atomic E-state index is 10.6. The van der Waals surface area contributed by atoms with Crippen LogP contribution in [-0.4, -0.2) is 4.92 Å². The number of nitro benzene ring substituents is 1. The highest BCUT2D eigenvalue weighted by atomic mass is 79.9. The molecule has 0 atom stereocenters. The molecule has 0 aliphatic carbocycles. The number of non-ortho nitro benzene ring substituents is 1. The predicted molar refractivity (Wildman–Crippen MR) is 76.5 cm³/mol. The molecule has 0 saturated carbocycles. The van der Waals surface area contributed by atoms with Gasteiger partial charge in [-0.1, -0.05) is 6.07 Å². The molecule has 2 aromatic rings. The molecule has 0 unspecified atom stereocenters. The zero-order valence-corrected chi connectivity index (χ0v) is 11.7. The van der Waals surface area contributed by atoms with Crippen molar-refractivity contribution >= 4 is 27.3 Å². The fourth-order valence-corrected chi connectivity index (χ4v) is 2.12. The van der Waals surface area contributed by atoms with E-state index in [2.05, 4.69) is 15.9 Å². The Kier molecular flexibility index (Phi) is 3.71. The van der Waals surface area contributed by atoms with Gasteiger partial charge >= 0.3 is 0 Å². The lowest BCUT2D eigenvalue weighted by Crippen LogP contribution is -1.95. The van der Waals surface area contributed by atoms with Crippen LogP contribution in [0.4, 0.5) is 11.4 Å². The Morgan fingerprint density at radius 1 is 1.21 bits per heavy atom. The molecule has 6 heteroatoms. The molecule has 0 bridgehead atoms. The van der Waals surface area contributed by atoms with Crippen molar-refractivity contribution in [3.63, 3.8) is 0 Å². The molecule has 0 amide bonds. The smallest absolute Gasteiger partial charge is 0.271 e. The molecule has 19 heavy (non-hydrogen) atoms. The van der Waals surface area contributed by atoms with Crippen molar-refractivity contribution in [1.29, 1.82) is 0 Å². The van der Waals surface area contributed by atoms with Crippen LogP contribution in [-0.2, 0) is 0 Å². The van der Waals surface area contributed by atoms with Crippen molar-refractivity contribution in [3.05, 3.63) is 56.5 Å². The van der Waals surface area contributed by atoms with Crippen molar-refractivity contribution in [2.45, 2.75) is 6.92 Å². The van der Waals surface area contributed by atoms with Crippen LogP contribution < -0.4 is 10.5 Å². The number of halogens is 1. The van der Waals surface area contributed by atoms with Gasteiger partial charge in [-0.2, -0.15) is 0 Å². The van der Waals surface area contributed by atoms with Crippen molar-refractivity contribution in [3.8, 4) is 11.5 Å². The van der Waals surface area contributed by atoms with Gasteiger partial charge in [0.25, 0.3) is 5.69 Å². The standard InChI is InChI=1S/C13H11BrN2O3/c1-8-2-4-12(10(14)6-8)19-13-5-3-9(16(17)18)7-11(13)15/h2-7H,15H2,1H3. The first-order valence-electron chi connectivity index (χ1n) is 5.45. The fraction of sp³-hybridized carbons (Fsp3) is 0.0769. The van der Waals surface area contributed by atoms with E-state index in [4.69, 9.17) is 10.5 Å². The number of hydrogen-bond donors (Lipinski definition) is 1. The second-order valence-corrected chi connectivity index (χ2v) is 4.87.